The van der Waals surface area contributed by atoms with Crippen molar-refractivity contribution in [1.29, 1.82) is 0 Å². The smallest absolute Gasteiger partial charge is 0.263 e. The van der Waals surface area contributed by atoms with E-state index in [2.05, 4.69) is 4.98 Å². The molecule has 1 aromatic rings. The van der Waals surface area contributed by atoms with E-state index in [-0.39, 0.29) is 13.1 Å². The molecule has 1 aromatic heterocycles. The third-order valence-electron chi connectivity index (χ3n) is 3.27. The summed E-state index contributed by atoms with van der Waals surface area (Å²) >= 11 is 0. The fraction of sp³-hybridized carbons (Fsp3) is 0.583. The molecule has 0 unspecified atom stereocenters. The number of alkyl halides is 3. The van der Waals surface area contributed by atoms with Gasteiger partial charge in [0, 0.05) is 25.5 Å². The Morgan fingerprint density at radius 2 is 1.70 bits per heavy atom. The number of aromatic nitrogens is 1. The van der Waals surface area contributed by atoms with E-state index in [1.165, 1.54) is 0 Å². The molecule has 112 valence electrons. The highest BCUT2D eigenvalue weighted by Gasteiger charge is 2.39. The second-order valence-corrected chi connectivity index (χ2v) is 6.59. The van der Waals surface area contributed by atoms with Gasteiger partial charge in [0.2, 0.25) is 10.0 Å². The lowest BCUT2D eigenvalue weighted by Gasteiger charge is -2.21. The number of sulfonamides is 1. The minimum atomic E-state index is -4.71. The van der Waals surface area contributed by atoms with Crippen LogP contribution >= 0.6 is 0 Å². The van der Waals surface area contributed by atoms with Crippen LogP contribution in [0.3, 0.4) is 0 Å². The summed E-state index contributed by atoms with van der Waals surface area (Å²) in [6.45, 7) is 0.517. The quantitative estimate of drug-likeness (QED) is 0.844. The molecule has 0 amide bonds. The molecule has 4 nitrogen and oxygen atoms in total. The standard InChI is InChI=1S/C12H15F3N2O2S/c13-12(14,15)10-5-6-16-9-11(10)20(18,19)17-7-3-1-2-4-8-17/h5-6,9H,1-4,7-8H2. The second-order valence-electron chi connectivity index (χ2n) is 4.69. The van der Waals surface area contributed by atoms with Gasteiger partial charge in [0.1, 0.15) is 4.90 Å². The summed E-state index contributed by atoms with van der Waals surface area (Å²) in [7, 11) is -4.15. The topological polar surface area (TPSA) is 50.3 Å². The molecule has 0 aromatic carbocycles. The third-order valence-corrected chi connectivity index (χ3v) is 5.20. The van der Waals surface area contributed by atoms with Crippen molar-refractivity contribution in [2.45, 2.75) is 36.8 Å². The van der Waals surface area contributed by atoms with Crippen LogP contribution in [0.25, 0.3) is 0 Å². The van der Waals surface area contributed by atoms with Crippen molar-refractivity contribution in [3.63, 3.8) is 0 Å². The summed E-state index contributed by atoms with van der Waals surface area (Å²) in [4.78, 5) is 2.78. The largest absolute Gasteiger partial charge is 0.417 e. The van der Waals surface area contributed by atoms with Gasteiger partial charge in [0.05, 0.1) is 5.56 Å². The molecule has 8 heteroatoms. The number of hydrogen-bond acceptors (Lipinski definition) is 3. The first-order chi connectivity index (χ1) is 9.33. The van der Waals surface area contributed by atoms with Crippen LogP contribution in [0.2, 0.25) is 0 Å². The van der Waals surface area contributed by atoms with Crippen LogP contribution in [0.15, 0.2) is 23.4 Å². The first-order valence-corrected chi connectivity index (χ1v) is 7.79. The lowest BCUT2D eigenvalue weighted by atomic mass is 10.2. The van der Waals surface area contributed by atoms with Gasteiger partial charge in [-0.2, -0.15) is 17.5 Å². The van der Waals surface area contributed by atoms with Crippen LogP contribution in [0.4, 0.5) is 13.2 Å². The lowest BCUT2D eigenvalue weighted by molar-refractivity contribution is -0.140. The van der Waals surface area contributed by atoms with Crippen molar-refractivity contribution in [1.82, 2.24) is 9.29 Å². The molecule has 0 radical (unpaired) electrons. The maximum Gasteiger partial charge on any atom is 0.417 e. The van der Waals surface area contributed by atoms with Gasteiger partial charge < -0.3 is 0 Å². The fourth-order valence-corrected chi connectivity index (χ4v) is 3.91. The van der Waals surface area contributed by atoms with Crippen molar-refractivity contribution < 1.29 is 21.6 Å². The van der Waals surface area contributed by atoms with Gasteiger partial charge in [0.25, 0.3) is 0 Å². The first kappa shape index (κ1) is 15.2. The molecular weight excluding hydrogens is 293 g/mol. The van der Waals surface area contributed by atoms with Gasteiger partial charge in [-0.25, -0.2) is 8.42 Å². The highest BCUT2D eigenvalue weighted by atomic mass is 32.2. The normalized spacial score (nSPS) is 18.8. The van der Waals surface area contributed by atoms with Crippen LogP contribution < -0.4 is 0 Å². The third kappa shape index (κ3) is 3.12. The summed E-state index contributed by atoms with van der Waals surface area (Å²) in [5.74, 6) is 0. The zero-order chi connectivity index (χ0) is 14.8. The highest BCUT2D eigenvalue weighted by Crippen LogP contribution is 2.35. The summed E-state index contributed by atoms with van der Waals surface area (Å²) in [6, 6.07) is 0.699. The zero-order valence-electron chi connectivity index (χ0n) is 10.7. The summed E-state index contributed by atoms with van der Waals surface area (Å²) in [5, 5.41) is 0. The van der Waals surface area contributed by atoms with E-state index in [1.807, 2.05) is 0 Å². The minimum Gasteiger partial charge on any atom is -0.263 e. The maximum atomic E-state index is 12.9. The molecule has 0 saturated carbocycles. The van der Waals surface area contributed by atoms with Gasteiger partial charge in [0.15, 0.2) is 0 Å². The van der Waals surface area contributed by atoms with Crippen molar-refractivity contribution in [3.8, 4) is 0 Å². The van der Waals surface area contributed by atoms with Crippen LogP contribution in [-0.2, 0) is 16.2 Å². The number of halogens is 3. The van der Waals surface area contributed by atoms with Gasteiger partial charge in [-0.15, -0.1) is 0 Å². The monoisotopic (exact) mass is 308 g/mol. The van der Waals surface area contributed by atoms with Crippen molar-refractivity contribution in [3.05, 3.63) is 24.0 Å². The van der Waals surface area contributed by atoms with Gasteiger partial charge in [-0.1, -0.05) is 12.8 Å². The Hall–Kier alpha value is -1.15. The zero-order valence-corrected chi connectivity index (χ0v) is 11.5. The summed E-state index contributed by atoms with van der Waals surface area (Å²) in [6.07, 6.45) is 0.141. The van der Waals surface area contributed by atoms with E-state index >= 15 is 0 Å². The number of hydrogen-bond donors (Lipinski definition) is 0. The molecule has 0 N–H and O–H groups in total. The second kappa shape index (κ2) is 5.69. The molecule has 0 bridgehead atoms. The summed E-state index contributed by atoms with van der Waals surface area (Å²) in [5.41, 5.74) is -1.16. The van der Waals surface area contributed by atoms with Crippen LogP contribution in [0, 0.1) is 0 Å². The SMILES string of the molecule is O=S(=O)(c1cnccc1C(F)(F)F)N1CCCCCC1. The predicted molar refractivity (Wildman–Crippen MR) is 66.5 cm³/mol. The Bertz CT molecular complexity index is 564. The van der Waals surface area contributed by atoms with E-state index in [9.17, 15) is 21.6 Å². The molecule has 2 heterocycles. The molecule has 0 atom stereocenters. The fourth-order valence-electron chi connectivity index (χ4n) is 2.24. The number of pyridine rings is 1. The average Bonchev–Trinajstić information content (AvgIpc) is 2.67. The average molecular weight is 308 g/mol. The van der Waals surface area contributed by atoms with Crippen LogP contribution in [0.1, 0.15) is 31.2 Å². The highest BCUT2D eigenvalue weighted by molar-refractivity contribution is 7.89. The van der Waals surface area contributed by atoms with E-state index in [0.717, 1.165) is 29.5 Å². The van der Waals surface area contributed by atoms with E-state index < -0.39 is 26.7 Å². The first-order valence-electron chi connectivity index (χ1n) is 6.35. The van der Waals surface area contributed by atoms with E-state index in [0.29, 0.717) is 18.9 Å². The molecule has 20 heavy (non-hydrogen) atoms. The molecule has 1 aliphatic heterocycles. The Labute approximate surface area is 115 Å². The Morgan fingerprint density at radius 1 is 1.10 bits per heavy atom. The van der Waals surface area contributed by atoms with E-state index in [4.69, 9.17) is 0 Å². The van der Waals surface area contributed by atoms with Crippen molar-refractivity contribution in [2.24, 2.45) is 0 Å². The van der Waals surface area contributed by atoms with Gasteiger partial charge in [-0.3, -0.25) is 4.98 Å². The molecule has 0 spiro atoms. The number of nitrogens with zero attached hydrogens (tertiary/aromatic N) is 2. The summed E-state index contributed by atoms with van der Waals surface area (Å²) < 4.78 is 64.7. The van der Waals surface area contributed by atoms with Crippen molar-refractivity contribution >= 4 is 10.0 Å². The van der Waals surface area contributed by atoms with Gasteiger partial charge in [-0.05, 0) is 18.9 Å². The predicted octanol–water partition coefficient (Wildman–Crippen LogP) is 2.67. The molecule has 1 fully saturated rings. The molecule has 1 saturated heterocycles. The van der Waals surface area contributed by atoms with Crippen LogP contribution in [0.5, 0.6) is 0 Å². The lowest BCUT2D eigenvalue weighted by Crippen LogP contribution is -2.33. The van der Waals surface area contributed by atoms with Gasteiger partial charge >= 0.3 is 6.18 Å². The maximum absolute atomic E-state index is 12.9. The molecule has 0 aliphatic carbocycles. The van der Waals surface area contributed by atoms with Crippen LogP contribution in [-0.4, -0.2) is 30.8 Å². The Morgan fingerprint density at radius 3 is 2.25 bits per heavy atom. The molecular formula is C12H15F3N2O2S. The minimum absolute atomic E-state index is 0.258. The number of rotatable bonds is 2. The Kier molecular flexibility index (Phi) is 4.33. The van der Waals surface area contributed by atoms with E-state index in [1.54, 1.807) is 0 Å². The van der Waals surface area contributed by atoms with Crippen molar-refractivity contribution in [2.75, 3.05) is 13.1 Å². The molecule has 2 rings (SSSR count). The molecule has 1 aliphatic rings. The Balaban J connectivity index is 2.44.